The minimum Gasteiger partial charge on any atom is -0.481 e. The van der Waals surface area contributed by atoms with Crippen molar-refractivity contribution in [2.75, 3.05) is 6.26 Å². The van der Waals surface area contributed by atoms with E-state index in [-0.39, 0.29) is 23.6 Å². The van der Waals surface area contributed by atoms with Crippen LogP contribution in [0.25, 0.3) is 11.1 Å². The zero-order chi connectivity index (χ0) is 28.9. The Morgan fingerprint density at radius 3 is 2.25 bits per heavy atom. The fraction of sp³-hybridized carbons (Fsp3) is 0.364. The van der Waals surface area contributed by atoms with Crippen molar-refractivity contribution >= 4 is 17.7 Å². The third kappa shape index (κ3) is 7.54. The van der Waals surface area contributed by atoms with Crippen molar-refractivity contribution in [3.05, 3.63) is 105 Å². The lowest BCUT2D eigenvalue weighted by Crippen LogP contribution is -2.23. The molecule has 0 aliphatic heterocycles. The molecule has 4 aromatic rings. The van der Waals surface area contributed by atoms with Gasteiger partial charge in [-0.25, -0.2) is 9.48 Å². The largest absolute Gasteiger partial charge is 0.481 e. The number of nitrogens with one attached hydrogen (secondary N) is 1. The molecule has 0 aliphatic carbocycles. The van der Waals surface area contributed by atoms with E-state index in [1.165, 1.54) is 16.7 Å². The van der Waals surface area contributed by atoms with Crippen LogP contribution in [0.3, 0.4) is 0 Å². The van der Waals surface area contributed by atoms with Gasteiger partial charge in [0.2, 0.25) is 0 Å². The molecule has 0 bridgehead atoms. The van der Waals surface area contributed by atoms with Crippen molar-refractivity contribution in [2.24, 2.45) is 0 Å². The van der Waals surface area contributed by atoms with Gasteiger partial charge in [-0.2, -0.15) is 5.10 Å². The van der Waals surface area contributed by atoms with Crippen LogP contribution in [-0.2, 0) is 35.9 Å². The van der Waals surface area contributed by atoms with Gasteiger partial charge in [0.15, 0.2) is 0 Å². The third-order valence-corrected chi connectivity index (χ3v) is 8.08. The van der Waals surface area contributed by atoms with E-state index in [2.05, 4.69) is 79.4 Å². The lowest BCUT2D eigenvalue weighted by Gasteiger charge is -2.19. The van der Waals surface area contributed by atoms with Gasteiger partial charge >= 0.3 is 11.7 Å². The number of carboxylic acids is 1. The quantitative estimate of drug-likeness (QED) is 0.197. The molecule has 0 saturated heterocycles. The number of aryl methyl sites for hydroxylation is 2. The maximum Gasteiger partial charge on any atom is 0.343 e. The fourth-order valence-electron chi connectivity index (χ4n) is 4.94. The molecule has 0 saturated carbocycles. The van der Waals surface area contributed by atoms with Crippen LogP contribution in [-0.4, -0.2) is 32.1 Å². The van der Waals surface area contributed by atoms with Gasteiger partial charge in [0.25, 0.3) is 0 Å². The molecule has 1 unspecified atom stereocenters. The smallest absolute Gasteiger partial charge is 0.343 e. The molecule has 0 spiro atoms. The summed E-state index contributed by atoms with van der Waals surface area (Å²) in [5, 5.41) is 13.8. The van der Waals surface area contributed by atoms with E-state index in [9.17, 15) is 14.7 Å². The number of benzene rings is 3. The number of aromatic amines is 1. The van der Waals surface area contributed by atoms with Gasteiger partial charge in [-0.05, 0) is 83.4 Å². The molecule has 1 atom stereocenters. The Balaban J connectivity index is 1.33. The Morgan fingerprint density at radius 1 is 0.975 bits per heavy atom. The molecule has 4 rings (SSSR count). The highest BCUT2D eigenvalue weighted by Gasteiger charge is 2.16. The summed E-state index contributed by atoms with van der Waals surface area (Å²) in [6.45, 7) is 8.65. The second-order valence-corrected chi connectivity index (χ2v) is 12.3. The van der Waals surface area contributed by atoms with Crippen LogP contribution >= 0.6 is 11.8 Å². The van der Waals surface area contributed by atoms with E-state index in [4.69, 9.17) is 0 Å². The number of carboxylic acid groups (broad SMARTS) is 1. The van der Waals surface area contributed by atoms with Gasteiger partial charge < -0.3 is 5.11 Å². The second kappa shape index (κ2) is 12.7. The average molecular weight is 558 g/mol. The molecule has 40 heavy (non-hydrogen) atoms. The Morgan fingerprint density at radius 2 is 1.62 bits per heavy atom. The minimum absolute atomic E-state index is 0.0171. The molecule has 0 amide bonds. The average Bonchev–Trinajstić information content (AvgIpc) is 3.29. The highest BCUT2D eigenvalue weighted by atomic mass is 32.2. The maximum absolute atomic E-state index is 12.6. The van der Waals surface area contributed by atoms with E-state index in [0.29, 0.717) is 6.42 Å². The number of H-pyrrole nitrogens is 1. The van der Waals surface area contributed by atoms with Crippen LogP contribution in [0.15, 0.2) is 76.4 Å². The highest BCUT2D eigenvalue weighted by Crippen LogP contribution is 2.28. The van der Waals surface area contributed by atoms with Crippen LogP contribution < -0.4 is 5.69 Å². The summed E-state index contributed by atoms with van der Waals surface area (Å²) in [6, 6.07) is 23.0. The van der Waals surface area contributed by atoms with Gasteiger partial charge in [-0.3, -0.25) is 9.78 Å². The highest BCUT2D eigenvalue weighted by molar-refractivity contribution is 7.98. The Bertz CT molecular complexity index is 1500. The maximum atomic E-state index is 12.6. The number of hydrogen-bond donors (Lipinski definition) is 2. The number of thioether (sulfide) groups is 1. The molecule has 0 radical (unpaired) electrons. The molecule has 1 heterocycles. The second-order valence-electron chi connectivity index (χ2n) is 11.5. The first kappa shape index (κ1) is 29.4. The molecule has 0 aliphatic rings. The zero-order valence-electron chi connectivity index (χ0n) is 24.0. The molecular formula is C33H39N3O3S. The van der Waals surface area contributed by atoms with Crippen LogP contribution in [0, 0.1) is 0 Å². The van der Waals surface area contributed by atoms with Crippen LogP contribution in [0.2, 0.25) is 0 Å². The fourth-order valence-corrected chi connectivity index (χ4v) is 5.54. The van der Waals surface area contributed by atoms with Crippen molar-refractivity contribution in [3.8, 4) is 11.1 Å². The normalized spacial score (nSPS) is 12.4. The molecular weight excluding hydrogens is 518 g/mol. The molecule has 6 nitrogen and oxygen atoms in total. The van der Waals surface area contributed by atoms with Crippen molar-refractivity contribution < 1.29 is 9.90 Å². The van der Waals surface area contributed by atoms with Crippen molar-refractivity contribution in [1.29, 1.82) is 0 Å². The van der Waals surface area contributed by atoms with Gasteiger partial charge in [0, 0.05) is 11.3 Å². The van der Waals surface area contributed by atoms with Crippen molar-refractivity contribution in [2.45, 2.75) is 76.2 Å². The SMILES string of the molecule is CSc1ccc(-c2ccc(CCCc3nn(C(C)Cc4ccc(C(C)(C)C)cc4)c(=O)[nH]3)cc2)cc1CC(=O)O. The predicted octanol–water partition coefficient (Wildman–Crippen LogP) is 6.86. The molecule has 0 fully saturated rings. The molecule has 210 valence electrons. The summed E-state index contributed by atoms with van der Waals surface area (Å²) in [5.41, 5.74) is 6.58. The predicted molar refractivity (Wildman–Crippen MR) is 163 cm³/mol. The van der Waals surface area contributed by atoms with E-state index in [0.717, 1.165) is 46.7 Å². The van der Waals surface area contributed by atoms with E-state index < -0.39 is 5.97 Å². The number of aromatic nitrogens is 3. The van der Waals surface area contributed by atoms with Gasteiger partial charge in [-0.15, -0.1) is 11.8 Å². The zero-order valence-corrected chi connectivity index (χ0v) is 24.8. The lowest BCUT2D eigenvalue weighted by atomic mass is 9.86. The van der Waals surface area contributed by atoms with Gasteiger partial charge in [-0.1, -0.05) is 75.4 Å². The minimum atomic E-state index is -0.825. The summed E-state index contributed by atoms with van der Waals surface area (Å²) < 4.78 is 1.57. The molecule has 2 N–H and O–H groups in total. The summed E-state index contributed by atoms with van der Waals surface area (Å²) in [7, 11) is 0. The third-order valence-electron chi connectivity index (χ3n) is 7.24. The Hall–Kier alpha value is -3.58. The van der Waals surface area contributed by atoms with E-state index in [1.54, 1.807) is 16.4 Å². The molecule has 3 aromatic carbocycles. The van der Waals surface area contributed by atoms with E-state index in [1.807, 2.05) is 31.4 Å². The van der Waals surface area contributed by atoms with Gasteiger partial charge in [0.1, 0.15) is 5.82 Å². The first-order valence-electron chi connectivity index (χ1n) is 13.8. The Kier molecular flexibility index (Phi) is 9.36. The first-order chi connectivity index (χ1) is 19.0. The first-order valence-corrected chi connectivity index (χ1v) is 15.0. The monoisotopic (exact) mass is 557 g/mol. The molecule has 7 heteroatoms. The number of aliphatic carboxylic acids is 1. The molecule has 1 aromatic heterocycles. The summed E-state index contributed by atoms with van der Waals surface area (Å²) in [6.07, 6.45) is 5.18. The Labute approximate surface area is 240 Å². The standard InChI is InChI=1S/C33H39N3O3S/c1-22(19-24-11-16-28(17-12-24)33(2,3)4)36-32(39)34-30(35-36)8-6-7-23-9-13-25(14-10-23)26-15-18-29(40-5)27(20-26)21-31(37)38/h9-18,20,22H,6-8,19,21H2,1-5H3,(H,37,38)(H,34,35,39). The number of hydrogen-bond acceptors (Lipinski definition) is 4. The number of rotatable bonds is 11. The van der Waals surface area contributed by atoms with Gasteiger partial charge in [0.05, 0.1) is 12.5 Å². The van der Waals surface area contributed by atoms with Crippen molar-refractivity contribution in [3.63, 3.8) is 0 Å². The summed E-state index contributed by atoms with van der Waals surface area (Å²) in [5.74, 6) is -0.106. The lowest BCUT2D eigenvalue weighted by molar-refractivity contribution is -0.136. The van der Waals surface area contributed by atoms with Crippen LogP contribution in [0.5, 0.6) is 0 Å². The summed E-state index contributed by atoms with van der Waals surface area (Å²) in [4.78, 5) is 27.8. The number of carbonyl (C=O) groups is 1. The van der Waals surface area contributed by atoms with Crippen LogP contribution in [0.1, 0.15) is 68.2 Å². The summed E-state index contributed by atoms with van der Waals surface area (Å²) >= 11 is 1.56. The number of nitrogens with zero attached hydrogens (tertiary/aromatic N) is 2. The van der Waals surface area contributed by atoms with E-state index >= 15 is 0 Å². The van der Waals surface area contributed by atoms with Crippen molar-refractivity contribution in [1.82, 2.24) is 14.8 Å². The topological polar surface area (TPSA) is 88.0 Å². The van der Waals surface area contributed by atoms with Crippen LogP contribution in [0.4, 0.5) is 0 Å².